The Kier molecular flexibility index (Phi) is 8.68. The van der Waals surface area contributed by atoms with Crippen LogP contribution in [0.25, 0.3) is 5.57 Å². The summed E-state index contributed by atoms with van der Waals surface area (Å²) in [5, 5.41) is 19.0. The number of nitrogens with zero attached hydrogens (tertiary/aromatic N) is 2. The Morgan fingerprint density at radius 2 is 2.09 bits per heavy atom. The molecule has 2 aliphatic heterocycles. The SMILES string of the molecule is C=C[C@H](I)Cc1ccccc1CC1=C=C(C)C=Nc2sc(C(O)NCC3CCNCC3)nc21. The highest BCUT2D eigenvalue weighted by Crippen LogP contribution is 2.37. The van der Waals surface area contributed by atoms with E-state index in [2.05, 4.69) is 74.8 Å². The summed E-state index contributed by atoms with van der Waals surface area (Å²) >= 11 is 3.88. The number of aliphatic imine (C=N–C) groups is 1. The van der Waals surface area contributed by atoms with E-state index in [0.717, 1.165) is 67.2 Å². The summed E-state index contributed by atoms with van der Waals surface area (Å²) in [6.07, 6.45) is 7.00. The third-order valence-corrected chi connectivity index (χ3v) is 8.05. The van der Waals surface area contributed by atoms with E-state index in [1.165, 1.54) is 22.5 Å². The summed E-state index contributed by atoms with van der Waals surface area (Å²) in [5.41, 5.74) is 8.92. The first-order chi connectivity index (χ1) is 16.0. The lowest BCUT2D eigenvalue weighted by Gasteiger charge is -2.23. The minimum atomic E-state index is -0.780. The number of halogens is 1. The van der Waals surface area contributed by atoms with Gasteiger partial charge < -0.3 is 10.4 Å². The van der Waals surface area contributed by atoms with E-state index in [9.17, 15) is 5.11 Å². The Bertz CT molecular complexity index is 1080. The molecule has 2 atom stereocenters. The molecule has 1 aromatic heterocycles. The van der Waals surface area contributed by atoms with Gasteiger partial charge in [-0.25, -0.2) is 9.98 Å². The molecule has 5 nitrogen and oxygen atoms in total. The van der Waals surface area contributed by atoms with Crippen LogP contribution >= 0.6 is 33.9 Å². The van der Waals surface area contributed by atoms with Crippen LogP contribution in [0, 0.1) is 5.92 Å². The second kappa shape index (κ2) is 11.7. The van der Waals surface area contributed by atoms with Crippen LogP contribution in [0.5, 0.6) is 0 Å². The number of fused-ring (bicyclic) bond motifs is 1. The Labute approximate surface area is 214 Å². The van der Waals surface area contributed by atoms with E-state index >= 15 is 0 Å². The number of aliphatic hydroxyl groups excluding tert-OH is 1. The number of rotatable bonds is 9. The van der Waals surface area contributed by atoms with Gasteiger partial charge in [-0.1, -0.05) is 64.3 Å². The highest BCUT2D eigenvalue weighted by atomic mass is 127. The maximum absolute atomic E-state index is 10.8. The molecule has 1 aromatic carbocycles. The van der Waals surface area contributed by atoms with Crippen molar-refractivity contribution < 1.29 is 5.11 Å². The van der Waals surface area contributed by atoms with Gasteiger partial charge >= 0.3 is 0 Å². The lowest BCUT2D eigenvalue weighted by molar-refractivity contribution is 0.129. The third-order valence-electron chi connectivity index (χ3n) is 6.08. The van der Waals surface area contributed by atoms with Crippen molar-refractivity contribution >= 4 is 50.7 Å². The average Bonchev–Trinajstić information content (AvgIpc) is 3.21. The largest absolute Gasteiger partial charge is 0.372 e. The topological polar surface area (TPSA) is 69.5 Å². The summed E-state index contributed by atoms with van der Waals surface area (Å²) in [7, 11) is 0. The number of hydrogen-bond donors (Lipinski definition) is 3. The number of benzene rings is 1. The van der Waals surface area contributed by atoms with Crippen LogP contribution < -0.4 is 10.6 Å². The molecular formula is C26H31IN4OS. The fraction of sp³-hybridized carbons (Fsp3) is 0.423. The molecule has 0 aliphatic carbocycles. The molecule has 2 aliphatic rings. The van der Waals surface area contributed by atoms with Gasteiger partial charge in [0.15, 0.2) is 6.23 Å². The predicted octanol–water partition coefficient (Wildman–Crippen LogP) is 5.14. The Balaban J connectivity index is 1.55. The zero-order chi connectivity index (χ0) is 23.2. The molecule has 2 aromatic rings. The molecular weight excluding hydrogens is 543 g/mol. The van der Waals surface area contributed by atoms with Crippen LogP contribution in [0.3, 0.4) is 0 Å². The van der Waals surface area contributed by atoms with Crippen molar-refractivity contribution in [1.82, 2.24) is 15.6 Å². The van der Waals surface area contributed by atoms with Crippen molar-refractivity contribution in [2.75, 3.05) is 19.6 Å². The second-order valence-corrected chi connectivity index (χ2v) is 11.3. The summed E-state index contributed by atoms with van der Waals surface area (Å²) < 4.78 is 0.384. The van der Waals surface area contributed by atoms with E-state index in [1.807, 2.05) is 19.2 Å². The van der Waals surface area contributed by atoms with Crippen molar-refractivity contribution in [3.05, 3.63) is 70.1 Å². The van der Waals surface area contributed by atoms with Crippen molar-refractivity contribution in [1.29, 1.82) is 0 Å². The number of thiazole rings is 1. The van der Waals surface area contributed by atoms with Gasteiger partial charge in [0.25, 0.3) is 0 Å². The number of aromatic nitrogens is 1. The highest BCUT2D eigenvalue weighted by molar-refractivity contribution is 14.1. The number of nitrogens with one attached hydrogen (secondary N) is 2. The van der Waals surface area contributed by atoms with E-state index in [4.69, 9.17) is 4.98 Å². The van der Waals surface area contributed by atoms with Gasteiger partial charge in [0.2, 0.25) is 0 Å². The van der Waals surface area contributed by atoms with Gasteiger partial charge in [-0.05, 0) is 56.3 Å². The Morgan fingerprint density at radius 3 is 2.85 bits per heavy atom. The van der Waals surface area contributed by atoms with Gasteiger partial charge in [-0.3, -0.25) is 5.32 Å². The molecule has 0 amide bonds. The Morgan fingerprint density at radius 1 is 1.33 bits per heavy atom. The van der Waals surface area contributed by atoms with E-state index < -0.39 is 6.23 Å². The maximum Gasteiger partial charge on any atom is 0.157 e. The standard InChI is InChI=1S/C26H31IN4OS/c1-3-22(27)14-20-7-5-4-6-19(20)13-21-12-17(2)15-30-25-23(21)31-26(33-25)24(32)29-16-18-8-10-28-11-9-18/h3-7,15,18,22,24,28-29,32H,1,8-11,13-14,16H2,2H3/t22-,24?/m0/s1. The molecule has 33 heavy (non-hydrogen) atoms. The minimum absolute atomic E-state index is 0.384. The average molecular weight is 575 g/mol. The molecule has 3 heterocycles. The smallest absolute Gasteiger partial charge is 0.157 e. The van der Waals surface area contributed by atoms with Crippen LogP contribution in [0.2, 0.25) is 0 Å². The third kappa shape index (κ3) is 6.50. The molecule has 0 bridgehead atoms. The molecule has 0 saturated carbocycles. The summed E-state index contributed by atoms with van der Waals surface area (Å²) in [6.45, 7) is 8.85. The van der Waals surface area contributed by atoms with Crippen LogP contribution in [-0.4, -0.2) is 39.9 Å². The van der Waals surface area contributed by atoms with Gasteiger partial charge in [-0.2, -0.15) is 0 Å². The van der Waals surface area contributed by atoms with Crippen LogP contribution in [-0.2, 0) is 12.8 Å². The number of piperidine rings is 1. The number of hydrogen-bond acceptors (Lipinski definition) is 6. The zero-order valence-electron chi connectivity index (χ0n) is 19.0. The quantitative estimate of drug-likeness (QED) is 0.128. The first kappa shape index (κ1) is 24.5. The molecule has 174 valence electrons. The summed E-state index contributed by atoms with van der Waals surface area (Å²) in [6, 6.07) is 8.55. The molecule has 7 heteroatoms. The monoisotopic (exact) mass is 574 g/mol. The van der Waals surface area contributed by atoms with E-state index in [-0.39, 0.29) is 0 Å². The fourth-order valence-electron chi connectivity index (χ4n) is 4.21. The molecule has 1 fully saturated rings. The highest BCUT2D eigenvalue weighted by Gasteiger charge is 2.22. The normalized spacial score (nSPS) is 18.2. The van der Waals surface area contributed by atoms with Gasteiger partial charge in [0.1, 0.15) is 15.7 Å². The van der Waals surface area contributed by atoms with Gasteiger partial charge in [-0.15, -0.1) is 12.3 Å². The molecule has 0 radical (unpaired) electrons. The lowest BCUT2D eigenvalue weighted by atomic mass is 9.95. The number of allylic oxidation sites excluding steroid dienone is 2. The predicted molar refractivity (Wildman–Crippen MR) is 147 cm³/mol. The first-order valence-electron chi connectivity index (χ1n) is 11.5. The molecule has 0 spiro atoms. The van der Waals surface area contributed by atoms with Crippen LogP contribution in [0.15, 0.2) is 53.2 Å². The maximum atomic E-state index is 10.8. The number of aliphatic hydroxyl groups is 1. The summed E-state index contributed by atoms with van der Waals surface area (Å²) in [5.74, 6) is 0.589. The van der Waals surface area contributed by atoms with Gasteiger partial charge in [0, 0.05) is 34.3 Å². The van der Waals surface area contributed by atoms with Crippen molar-refractivity contribution in [3.8, 4) is 0 Å². The van der Waals surface area contributed by atoms with Crippen LogP contribution in [0.4, 0.5) is 5.00 Å². The number of alkyl halides is 1. The lowest BCUT2D eigenvalue weighted by Crippen LogP contribution is -2.35. The minimum Gasteiger partial charge on any atom is -0.372 e. The molecule has 3 N–H and O–H groups in total. The first-order valence-corrected chi connectivity index (χ1v) is 13.6. The second-order valence-electron chi connectivity index (χ2n) is 8.66. The summed E-state index contributed by atoms with van der Waals surface area (Å²) in [4.78, 5) is 9.49. The van der Waals surface area contributed by atoms with Gasteiger partial charge in [0.05, 0.1) is 0 Å². The molecule has 1 saturated heterocycles. The van der Waals surface area contributed by atoms with Crippen molar-refractivity contribution in [2.45, 2.75) is 42.8 Å². The fourth-order valence-corrected chi connectivity index (χ4v) is 5.58. The van der Waals surface area contributed by atoms with Crippen molar-refractivity contribution in [2.24, 2.45) is 10.9 Å². The van der Waals surface area contributed by atoms with Crippen LogP contribution in [0.1, 0.15) is 47.8 Å². The molecule has 4 rings (SSSR count). The molecule has 1 unspecified atom stereocenters. The van der Waals surface area contributed by atoms with E-state index in [1.54, 1.807) is 0 Å². The van der Waals surface area contributed by atoms with Crippen molar-refractivity contribution in [3.63, 3.8) is 0 Å². The Hall–Kier alpha value is -1.61. The zero-order valence-corrected chi connectivity index (χ0v) is 22.0. The van der Waals surface area contributed by atoms with E-state index in [0.29, 0.717) is 14.9 Å².